The van der Waals surface area contributed by atoms with Gasteiger partial charge >= 0.3 is 0 Å². The highest BCUT2D eigenvalue weighted by molar-refractivity contribution is 6.05. The van der Waals surface area contributed by atoms with Gasteiger partial charge in [0.25, 0.3) is 5.79 Å². The molecule has 1 fully saturated rings. The molecular formula is C12H17N5O2. The van der Waals surface area contributed by atoms with Crippen LogP contribution in [0.15, 0.2) is 22.1 Å². The van der Waals surface area contributed by atoms with Crippen molar-refractivity contribution < 1.29 is 9.59 Å². The van der Waals surface area contributed by atoms with E-state index in [9.17, 15) is 9.59 Å². The Balaban J connectivity index is 2.52. The predicted octanol–water partition coefficient (Wildman–Crippen LogP) is 0.0917. The van der Waals surface area contributed by atoms with Crippen LogP contribution in [0.25, 0.3) is 0 Å². The van der Waals surface area contributed by atoms with Crippen LogP contribution in [0.1, 0.15) is 33.1 Å². The molecule has 1 unspecified atom stereocenters. The number of amides is 2. The Bertz CT molecular complexity index is 472. The molecule has 0 aromatic carbocycles. The molecule has 0 bridgehead atoms. The number of nitrogens with zero attached hydrogens (tertiary/aromatic N) is 3. The van der Waals surface area contributed by atoms with Crippen LogP contribution in [0.2, 0.25) is 0 Å². The lowest BCUT2D eigenvalue weighted by atomic mass is 10.2. The van der Waals surface area contributed by atoms with Crippen LogP contribution < -0.4 is 11.1 Å². The van der Waals surface area contributed by atoms with Crippen LogP contribution in [0.4, 0.5) is 0 Å². The fourth-order valence-electron chi connectivity index (χ4n) is 2.16. The maximum absolute atomic E-state index is 11.9. The molecule has 0 aliphatic carbocycles. The zero-order chi connectivity index (χ0) is 14.0. The fourth-order valence-corrected chi connectivity index (χ4v) is 2.16. The Kier molecular flexibility index (Phi) is 3.37. The summed E-state index contributed by atoms with van der Waals surface area (Å²) in [4.78, 5) is 33.5. The van der Waals surface area contributed by atoms with Crippen LogP contribution in [0, 0.1) is 0 Å². The van der Waals surface area contributed by atoms with Crippen LogP contribution >= 0.6 is 0 Å². The maximum atomic E-state index is 11.9. The van der Waals surface area contributed by atoms with Crippen molar-refractivity contribution in [2.45, 2.75) is 38.9 Å². The molecular weight excluding hydrogens is 246 g/mol. The van der Waals surface area contributed by atoms with Gasteiger partial charge in [0.15, 0.2) is 5.96 Å². The van der Waals surface area contributed by atoms with Gasteiger partial charge in [0.2, 0.25) is 11.8 Å². The standard InChI is InChI=1S/C12H17N5O2/c1-3-4-7-12(15-8(2)14-11(13)16-12)17-9(18)5-6-10(17)19/h4,7H,3,5-6H2,1-2H3,(H3,13,14,15,16). The third-order valence-electron chi connectivity index (χ3n) is 2.88. The largest absolute Gasteiger partial charge is 0.370 e. The molecule has 3 N–H and O–H groups in total. The summed E-state index contributed by atoms with van der Waals surface area (Å²) in [5.74, 6) is -1.26. The Hall–Kier alpha value is -2.18. The van der Waals surface area contributed by atoms with Gasteiger partial charge < -0.3 is 11.1 Å². The normalized spacial score (nSPS) is 27.6. The first kappa shape index (κ1) is 13.3. The summed E-state index contributed by atoms with van der Waals surface area (Å²) in [7, 11) is 0. The number of rotatable bonds is 3. The Morgan fingerprint density at radius 3 is 2.53 bits per heavy atom. The van der Waals surface area contributed by atoms with E-state index in [4.69, 9.17) is 5.73 Å². The molecule has 1 saturated heterocycles. The minimum atomic E-state index is -1.36. The zero-order valence-corrected chi connectivity index (χ0v) is 11.0. The summed E-state index contributed by atoms with van der Waals surface area (Å²) in [6.07, 6.45) is 4.59. The van der Waals surface area contributed by atoms with Gasteiger partial charge in [-0.15, -0.1) is 0 Å². The fraction of sp³-hybridized carbons (Fsp3) is 0.500. The highest BCUT2D eigenvalue weighted by Gasteiger charge is 2.46. The Labute approximate surface area is 111 Å². The summed E-state index contributed by atoms with van der Waals surface area (Å²) in [5.41, 5.74) is 5.71. The molecule has 7 nitrogen and oxygen atoms in total. The first-order valence-electron chi connectivity index (χ1n) is 6.21. The second-order valence-corrected chi connectivity index (χ2v) is 4.44. The van der Waals surface area contributed by atoms with Gasteiger partial charge in [-0.05, 0) is 19.4 Å². The summed E-state index contributed by atoms with van der Waals surface area (Å²) in [6.45, 7) is 3.66. The quantitative estimate of drug-likeness (QED) is 0.556. The van der Waals surface area contributed by atoms with Gasteiger partial charge in [0.1, 0.15) is 5.84 Å². The highest BCUT2D eigenvalue weighted by Crippen LogP contribution is 2.29. The lowest BCUT2D eigenvalue weighted by Crippen LogP contribution is -2.54. The number of guanidine groups is 1. The molecule has 2 aliphatic heterocycles. The van der Waals surface area contributed by atoms with Crippen LogP contribution in [-0.4, -0.2) is 34.3 Å². The number of allylic oxidation sites excluding steroid dienone is 1. The molecule has 2 heterocycles. The van der Waals surface area contributed by atoms with Crippen molar-refractivity contribution >= 4 is 23.6 Å². The molecule has 0 spiro atoms. The molecule has 1 atom stereocenters. The number of imide groups is 1. The first-order chi connectivity index (χ1) is 8.98. The topological polar surface area (TPSA) is 100 Å². The van der Waals surface area contributed by atoms with Gasteiger partial charge in [0.05, 0.1) is 0 Å². The SMILES string of the molecule is CCC=CC1(N2C(=O)CCC2=O)N=C(C)NC(N)=N1. The van der Waals surface area contributed by atoms with Gasteiger partial charge in [-0.2, -0.15) is 4.99 Å². The smallest absolute Gasteiger partial charge is 0.261 e. The summed E-state index contributed by atoms with van der Waals surface area (Å²) in [6, 6.07) is 0. The van der Waals surface area contributed by atoms with Crippen LogP contribution in [0.5, 0.6) is 0 Å². The van der Waals surface area contributed by atoms with E-state index in [-0.39, 0.29) is 30.6 Å². The van der Waals surface area contributed by atoms with Gasteiger partial charge in [-0.1, -0.05) is 13.0 Å². The molecule has 102 valence electrons. The lowest BCUT2D eigenvalue weighted by molar-refractivity contribution is -0.143. The van der Waals surface area contributed by atoms with E-state index in [0.29, 0.717) is 5.84 Å². The Morgan fingerprint density at radius 1 is 1.37 bits per heavy atom. The maximum Gasteiger partial charge on any atom is 0.261 e. The molecule has 0 saturated carbocycles. The van der Waals surface area contributed by atoms with E-state index >= 15 is 0 Å². The van der Waals surface area contributed by atoms with Crippen molar-refractivity contribution in [1.82, 2.24) is 10.2 Å². The monoisotopic (exact) mass is 263 g/mol. The van der Waals surface area contributed by atoms with E-state index < -0.39 is 5.79 Å². The number of aliphatic imine (C=N–C) groups is 2. The molecule has 2 rings (SSSR count). The van der Waals surface area contributed by atoms with Crippen molar-refractivity contribution in [2.75, 3.05) is 0 Å². The average molecular weight is 263 g/mol. The van der Waals surface area contributed by atoms with Crippen molar-refractivity contribution in [3.8, 4) is 0 Å². The molecule has 0 radical (unpaired) electrons. The summed E-state index contributed by atoms with van der Waals surface area (Å²) >= 11 is 0. The zero-order valence-electron chi connectivity index (χ0n) is 11.0. The number of carbonyl (C=O) groups excluding carboxylic acids is 2. The van der Waals surface area contributed by atoms with E-state index in [1.54, 1.807) is 13.0 Å². The molecule has 2 amide bonds. The van der Waals surface area contributed by atoms with E-state index in [1.807, 2.05) is 13.0 Å². The molecule has 2 aliphatic rings. The summed E-state index contributed by atoms with van der Waals surface area (Å²) < 4.78 is 0. The van der Waals surface area contributed by atoms with E-state index in [1.165, 1.54) is 0 Å². The number of nitrogens with one attached hydrogen (secondary N) is 1. The number of amidine groups is 1. The molecule has 0 aromatic heterocycles. The third-order valence-corrected chi connectivity index (χ3v) is 2.88. The van der Waals surface area contributed by atoms with Crippen LogP contribution in [-0.2, 0) is 9.59 Å². The number of hydrogen-bond acceptors (Lipinski definition) is 6. The minimum absolute atomic E-state index is 0.140. The third kappa shape index (κ3) is 2.35. The van der Waals surface area contributed by atoms with Gasteiger partial charge in [-0.3, -0.25) is 9.59 Å². The average Bonchev–Trinajstić information content (AvgIpc) is 2.66. The number of carbonyl (C=O) groups is 2. The number of likely N-dealkylation sites (tertiary alicyclic amines) is 1. The van der Waals surface area contributed by atoms with Crippen molar-refractivity contribution in [3.05, 3.63) is 12.2 Å². The lowest BCUT2D eigenvalue weighted by Gasteiger charge is -2.34. The van der Waals surface area contributed by atoms with Crippen molar-refractivity contribution in [1.29, 1.82) is 0 Å². The minimum Gasteiger partial charge on any atom is -0.370 e. The van der Waals surface area contributed by atoms with Gasteiger partial charge in [-0.25, -0.2) is 9.89 Å². The molecule has 19 heavy (non-hydrogen) atoms. The number of nitrogens with two attached hydrogens (primary N) is 1. The van der Waals surface area contributed by atoms with E-state index in [2.05, 4.69) is 15.3 Å². The van der Waals surface area contributed by atoms with Crippen molar-refractivity contribution in [2.24, 2.45) is 15.7 Å². The highest BCUT2D eigenvalue weighted by atomic mass is 16.2. The Morgan fingerprint density at radius 2 is 2.00 bits per heavy atom. The second-order valence-electron chi connectivity index (χ2n) is 4.44. The number of hydrogen-bond donors (Lipinski definition) is 2. The van der Waals surface area contributed by atoms with Gasteiger partial charge in [0, 0.05) is 12.8 Å². The van der Waals surface area contributed by atoms with Crippen molar-refractivity contribution in [3.63, 3.8) is 0 Å². The summed E-state index contributed by atoms with van der Waals surface area (Å²) in [5, 5.41) is 2.76. The second kappa shape index (κ2) is 4.83. The first-order valence-corrected chi connectivity index (χ1v) is 6.21. The molecule has 7 heteroatoms. The molecule has 0 aromatic rings. The predicted molar refractivity (Wildman–Crippen MR) is 71.1 cm³/mol. The van der Waals surface area contributed by atoms with E-state index in [0.717, 1.165) is 11.3 Å². The van der Waals surface area contributed by atoms with Crippen LogP contribution in [0.3, 0.4) is 0 Å².